The first-order valence-corrected chi connectivity index (χ1v) is 5.40. The third kappa shape index (κ3) is 2.67. The van der Waals surface area contributed by atoms with Gasteiger partial charge >= 0.3 is 0 Å². The van der Waals surface area contributed by atoms with Crippen molar-refractivity contribution < 1.29 is 5.11 Å². The van der Waals surface area contributed by atoms with Crippen molar-refractivity contribution in [2.24, 2.45) is 0 Å². The molecule has 0 amide bonds. The summed E-state index contributed by atoms with van der Waals surface area (Å²) < 4.78 is 1.75. The second-order valence-corrected chi connectivity index (χ2v) is 3.88. The maximum Gasteiger partial charge on any atom is 0.0832 e. The fraction of sp³-hybridized carbons (Fsp3) is 0.333. The van der Waals surface area contributed by atoms with Gasteiger partial charge in [-0.05, 0) is 31.9 Å². The van der Waals surface area contributed by atoms with E-state index in [1.165, 1.54) is 0 Å². The molecule has 0 radical (unpaired) electrons. The Balaban J connectivity index is 2.08. The lowest BCUT2D eigenvalue weighted by molar-refractivity contribution is 0.184. The minimum atomic E-state index is -0.290. The van der Waals surface area contributed by atoms with E-state index in [1.807, 2.05) is 36.5 Å². The lowest BCUT2D eigenvalue weighted by atomic mass is 10.2. The Labute approximate surface area is 94.5 Å². The summed E-state index contributed by atoms with van der Waals surface area (Å²) in [5.74, 6) is 0. The van der Waals surface area contributed by atoms with Crippen LogP contribution in [-0.2, 0) is 6.42 Å². The van der Waals surface area contributed by atoms with Crippen molar-refractivity contribution in [3.8, 4) is 5.69 Å². The third-order valence-corrected chi connectivity index (χ3v) is 2.38. The number of hydrogen-bond donors (Lipinski definition) is 1. The van der Waals surface area contributed by atoms with E-state index in [0.29, 0.717) is 6.42 Å². The summed E-state index contributed by atoms with van der Waals surface area (Å²) >= 11 is 0. The molecule has 0 fully saturated rings. The predicted molar refractivity (Wildman–Crippen MR) is 61.4 cm³/mol. The van der Waals surface area contributed by atoms with E-state index in [-0.39, 0.29) is 6.10 Å². The minimum absolute atomic E-state index is 0.290. The highest BCUT2D eigenvalue weighted by atomic mass is 16.3. The molecule has 2 aromatic rings. The number of benzene rings is 1. The molecule has 1 heterocycles. The summed E-state index contributed by atoms with van der Waals surface area (Å²) in [6, 6.07) is 9.86. The van der Waals surface area contributed by atoms with E-state index >= 15 is 0 Å². The second-order valence-electron chi connectivity index (χ2n) is 3.88. The fourth-order valence-electron chi connectivity index (χ4n) is 1.48. The van der Waals surface area contributed by atoms with E-state index in [0.717, 1.165) is 17.8 Å². The van der Waals surface area contributed by atoms with Gasteiger partial charge in [-0.15, -0.1) is 5.10 Å². The van der Waals surface area contributed by atoms with E-state index in [1.54, 1.807) is 11.6 Å². The van der Waals surface area contributed by atoms with Crippen molar-refractivity contribution in [1.29, 1.82) is 0 Å². The number of rotatable bonds is 4. The molecule has 0 bridgehead atoms. The van der Waals surface area contributed by atoms with Crippen molar-refractivity contribution >= 4 is 0 Å². The molecule has 0 saturated heterocycles. The van der Waals surface area contributed by atoms with Crippen molar-refractivity contribution in [2.45, 2.75) is 25.9 Å². The van der Waals surface area contributed by atoms with Gasteiger partial charge in [0.2, 0.25) is 0 Å². The van der Waals surface area contributed by atoms with Gasteiger partial charge in [0.1, 0.15) is 0 Å². The highest BCUT2D eigenvalue weighted by molar-refractivity contribution is 5.29. The topological polar surface area (TPSA) is 50.9 Å². The average Bonchev–Trinajstić information content (AvgIpc) is 2.76. The molecule has 1 aromatic carbocycles. The first kappa shape index (κ1) is 10.8. The van der Waals surface area contributed by atoms with Gasteiger partial charge in [0.15, 0.2) is 0 Å². The average molecular weight is 217 g/mol. The highest BCUT2D eigenvalue weighted by Crippen LogP contribution is 2.07. The number of aryl methyl sites for hydroxylation is 1. The Morgan fingerprint density at radius 1 is 1.31 bits per heavy atom. The van der Waals surface area contributed by atoms with E-state index in [9.17, 15) is 5.11 Å². The number of hydrogen-bond acceptors (Lipinski definition) is 3. The van der Waals surface area contributed by atoms with Gasteiger partial charge in [-0.1, -0.05) is 23.4 Å². The van der Waals surface area contributed by atoms with Crippen LogP contribution in [-0.4, -0.2) is 26.2 Å². The normalized spacial score (nSPS) is 12.6. The summed E-state index contributed by atoms with van der Waals surface area (Å²) in [6.07, 6.45) is 3.08. The lowest BCUT2D eigenvalue weighted by Crippen LogP contribution is -2.01. The van der Waals surface area contributed by atoms with E-state index in [4.69, 9.17) is 0 Å². The molecule has 0 unspecified atom stereocenters. The molecular weight excluding hydrogens is 202 g/mol. The Morgan fingerprint density at radius 2 is 2.06 bits per heavy atom. The van der Waals surface area contributed by atoms with Crippen LogP contribution in [0.2, 0.25) is 0 Å². The summed E-state index contributed by atoms with van der Waals surface area (Å²) in [6.45, 7) is 1.78. The van der Waals surface area contributed by atoms with Gasteiger partial charge in [-0.3, -0.25) is 0 Å². The Morgan fingerprint density at radius 3 is 2.75 bits per heavy atom. The molecule has 84 valence electrons. The molecule has 0 spiro atoms. The van der Waals surface area contributed by atoms with Gasteiger partial charge in [-0.2, -0.15) is 0 Å². The summed E-state index contributed by atoms with van der Waals surface area (Å²) in [5.41, 5.74) is 1.91. The largest absolute Gasteiger partial charge is 0.393 e. The Bertz CT molecular complexity index is 437. The molecule has 0 aliphatic rings. The molecule has 0 aliphatic heterocycles. The van der Waals surface area contributed by atoms with Crippen LogP contribution in [0.3, 0.4) is 0 Å². The van der Waals surface area contributed by atoms with Crippen molar-refractivity contribution in [1.82, 2.24) is 15.0 Å². The predicted octanol–water partition coefficient (Wildman–Crippen LogP) is 1.58. The molecule has 1 aromatic heterocycles. The Hall–Kier alpha value is -1.68. The molecule has 0 aliphatic carbocycles. The molecule has 1 N–H and O–H groups in total. The highest BCUT2D eigenvalue weighted by Gasteiger charge is 2.03. The molecule has 1 atom stereocenters. The lowest BCUT2D eigenvalue weighted by Gasteiger charge is -1.99. The summed E-state index contributed by atoms with van der Waals surface area (Å²) in [4.78, 5) is 0. The standard InChI is InChI=1S/C12H15N3O/c1-10(16)7-8-11-9-15(14-13-11)12-5-3-2-4-6-12/h2-6,9-10,16H,7-8H2,1H3/t10-/m0/s1. The number of para-hydroxylation sites is 1. The molecular formula is C12H15N3O. The first-order chi connectivity index (χ1) is 7.75. The monoisotopic (exact) mass is 217 g/mol. The number of aliphatic hydroxyl groups is 1. The summed E-state index contributed by atoms with van der Waals surface area (Å²) in [5, 5.41) is 17.3. The van der Waals surface area contributed by atoms with Crippen LogP contribution in [0.15, 0.2) is 36.5 Å². The van der Waals surface area contributed by atoms with Crippen LogP contribution < -0.4 is 0 Å². The third-order valence-electron chi connectivity index (χ3n) is 2.38. The smallest absolute Gasteiger partial charge is 0.0832 e. The van der Waals surface area contributed by atoms with Crippen LogP contribution in [0.1, 0.15) is 19.0 Å². The second kappa shape index (κ2) is 4.90. The zero-order valence-corrected chi connectivity index (χ0v) is 9.24. The van der Waals surface area contributed by atoms with Crippen LogP contribution in [0.25, 0.3) is 5.69 Å². The van der Waals surface area contributed by atoms with Crippen LogP contribution in [0, 0.1) is 0 Å². The molecule has 4 nitrogen and oxygen atoms in total. The molecule has 16 heavy (non-hydrogen) atoms. The van der Waals surface area contributed by atoms with Gasteiger partial charge in [-0.25, -0.2) is 4.68 Å². The molecule has 0 saturated carbocycles. The number of aliphatic hydroxyl groups excluding tert-OH is 1. The van der Waals surface area contributed by atoms with Crippen LogP contribution in [0.4, 0.5) is 0 Å². The fourth-order valence-corrected chi connectivity index (χ4v) is 1.48. The maximum absolute atomic E-state index is 9.18. The summed E-state index contributed by atoms with van der Waals surface area (Å²) in [7, 11) is 0. The van der Waals surface area contributed by atoms with Crippen molar-refractivity contribution in [3.63, 3.8) is 0 Å². The van der Waals surface area contributed by atoms with Crippen LogP contribution >= 0.6 is 0 Å². The quantitative estimate of drug-likeness (QED) is 0.846. The molecule has 2 rings (SSSR count). The number of aromatic nitrogens is 3. The van der Waals surface area contributed by atoms with Gasteiger partial charge in [0, 0.05) is 0 Å². The van der Waals surface area contributed by atoms with Gasteiger partial charge < -0.3 is 5.11 Å². The zero-order chi connectivity index (χ0) is 11.4. The zero-order valence-electron chi connectivity index (χ0n) is 9.24. The van der Waals surface area contributed by atoms with E-state index in [2.05, 4.69) is 10.3 Å². The van der Waals surface area contributed by atoms with Crippen molar-refractivity contribution in [3.05, 3.63) is 42.2 Å². The van der Waals surface area contributed by atoms with Crippen LogP contribution in [0.5, 0.6) is 0 Å². The van der Waals surface area contributed by atoms with Crippen molar-refractivity contribution in [2.75, 3.05) is 0 Å². The van der Waals surface area contributed by atoms with Gasteiger partial charge in [0.25, 0.3) is 0 Å². The Kier molecular flexibility index (Phi) is 3.31. The van der Waals surface area contributed by atoms with Gasteiger partial charge in [0.05, 0.1) is 23.7 Å². The maximum atomic E-state index is 9.18. The minimum Gasteiger partial charge on any atom is -0.393 e. The molecule has 4 heteroatoms. The SMILES string of the molecule is C[C@H](O)CCc1cn(-c2ccccc2)nn1. The van der Waals surface area contributed by atoms with E-state index < -0.39 is 0 Å². The number of nitrogens with zero attached hydrogens (tertiary/aromatic N) is 3. The first-order valence-electron chi connectivity index (χ1n) is 5.40.